The molecule has 2 aliphatic rings. The summed E-state index contributed by atoms with van der Waals surface area (Å²) < 4.78 is 40.1. The van der Waals surface area contributed by atoms with Gasteiger partial charge in [0.15, 0.2) is 6.29 Å². The second-order valence-electron chi connectivity index (χ2n) is 16.5. The average molecular weight is 993 g/mol. The number of aliphatic hydroxyl groups excluding tert-OH is 4. The lowest BCUT2D eigenvalue weighted by atomic mass is 9.97. The van der Waals surface area contributed by atoms with Gasteiger partial charge < -0.3 is 71.4 Å². The van der Waals surface area contributed by atoms with E-state index in [1.807, 2.05) is 31.1 Å². The van der Waals surface area contributed by atoms with Gasteiger partial charge in [-0.2, -0.15) is 15.0 Å². The van der Waals surface area contributed by atoms with E-state index in [-0.39, 0.29) is 17.9 Å². The van der Waals surface area contributed by atoms with Crippen LogP contribution in [0, 0.1) is 0 Å². The molecule has 27 heteroatoms. The molecule has 4 rings (SSSR count). The van der Waals surface area contributed by atoms with Gasteiger partial charge in [0, 0.05) is 33.3 Å². The fourth-order valence-corrected chi connectivity index (χ4v) is 8.27. The molecule has 0 spiro atoms. The first-order chi connectivity index (χ1) is 32.4. The first-order valence-corrected chi connectivity index (χ1v) is 23.1. The maximum Gasteiger partial charge on any atom is 0.325 e. The van der Waals surface area contributed by atoms with E-state index in [1.165, 1.54) is 31.2 Å². The zero-order valence-electron chi connectivity index (χ0n) is 38.6. The monoisotopic (exact) mass is 992 g/mol. The molecule has 2 aliphatic heterocycles. The van der Waals surface area contributed by atoms with Crippen molar-refractivity contribution in [1.29, 1.82) is 0 Å². The molecule has 0 bridgehead atoms. The topological polar surface area (TPSA) is 377 Å². The van der Waals surface area contributed by atoms with Crippen LogP contribution in [-0.4, -0.2) is 188 Å². The third-order valence-corrected chi connectivity index (χ3v) is 12.4. The van der Waals surface area contributed by atoms with Gasteiger partial charge >= 0.3 is 5.97 Å². The predicted octanol–water partition coefficient (Wildman–Crippen LogP) is -3.16. The van der Waals surface area contributed by atoms with Gasteiger partial charge in [-0.3, -0.25) is 33.6 Å². The van der Waals surface area contributed by atoms with Crippen molar-refractivity contribution in [2.75, 3.05) is 45.3 Å². The molecule has 380 valence electrons. The van der Waals surface area contributed by atoms with Crippen molar-refractivity contribution in [3.05, 3.63) is 48.5 Å². The van der Waals surface area contributed by atoms with Crippen molar-refractivity contribution >= 4 is 68.5 Å². The van der Waals surface area contributed by atoms with Gasteiger partial charge in [-0.15, -0.1) is 0 Å². The number of aliphatic hydroxyl groups is 4. The van der Waals surface area contributed by atoms with E-state index < -0.39 is 138 Å². The highest BCUT2D eigenvalue weighted by molar-refractivity contribution is 7.89. The molecule has 0 aliphatic carbocycles. The molecule has 0 aromatic heterocycles. The van der Waals surface area contributed by atoms with Crippen molar-refractivity contribution in [2.24, 2.45) is 10.2 Å². The van der Waals surface area contributed by atoms with E-state index in [0.29, 0.717) is 17.8 Å². The van der Waals surface area contributed by atoms with Crippen molar-refractivity contribution in [3.8, 4) is 0 Å². The van der Waals surface area contributed by atoms with Gasteiger partial charge in [-0.25, -0.2) is 8.42 Å². The predicted molar refractivity (Wildman–Crippen MR) is 241 cm³/mol. The van der Waals surface area contributed by atoms with Crippen molar-refractivity contribution < 1.29 is 77.0 Å². The van der Waals surface area contributed by atoms with Crippen LogP contribution in [0.2, 0.25) is 0 Å². The average Bonchev–Trinajstić information content (AvgIpc) is 3.80. The Bertz CT molecular complexity index is 2290. The van der Waals surface area contributed by atoms with Gasteiger partial charge in [0.05, 0.1) is 48.2 Å². The minimum absolute atomic E-state index is 0.0706. The number of carbonyl (C=O) groups is 7. The first kappa shape index (κ1) is 55.4. The number of sulfonamides is 1. The third-order valence-electron chi connectivity index (χ3n) is 10.9. The molecule has 0 saturated carbocycles. The van der Waals surface area contributed by atoms with Crippen LogP contribution in [0.4, 0.5) is 17.1 Å². The van der Waals surface area contributed by atoms with Crippen molar-refractivity contribution in [1.82, 2.24) is 36.2 Å². The lowest BCUT2D eigenvalue weighted by molar-refractivity contribution is -0.271. The van der Waals surface area contributed by atoms with Crippen LogP contribution in [0.5, 0.6) is 0 Å². The van der Waals surface area contributed by atoms with Gasteiger partial charge in [0.1, 0.15) is 48.5 Å². The molecule has 0 radical (unpaired) electrons. The number of carboxylic acids is 1. The van der Waals surface area contributed by atoms with Crippen molar-refractivity contribution in [3.63, 3.8) is 0 Å². The number of rotatable bonds is 22. The second-order valence-corrected chi connectivity index (χ2v) is 18.3. The fraction of sp³-hybridized carbons (Fsp3) is 0.548. The third kappa shape index (κ3) is 15.4. The summed E-state index contributed by atoms with van der Waals surface area (Å²) in [6.07, 6.45) is -7.69. The lowest BCUT2D eigenvalue weighted by Gasteiger charge is -2.42. The number of carboxylic acid groups (broad SMARTS) is 1. The Morgan fingerprint density at radius 2 is 1.49 bits per heavy atom. The van der Waals surface area contributed by atoms with Crippen LogP contribution in [0.15, 0.2) is 63.7 Å². The van der Waals surface area contributed by atoms with Crippen LogP contribution in [-0.2, 0) is 53.1 Å². The van der Waals surface area contributed by atoms with Crippen LogP contribution in [0.1, 0.15) is 40.5 Å². The van der Waals surface area contributed by atoms with Gasteiger partial charge in [0.25, 0.3) is 0 Å². The minimum Gasteiger partial charge on any atom is -0.480 e. The Labute approximate surface area is 397 Å². The number of likely N-dealkylation sites (tertiary alicyclic amines) is 1. The number of azo groups is 1. The van der Waals surface area contributed by atoms with Crippen LogP contribution < -0.4 is 36.2 Å². The Balaban J connectivity index is 1.42. The number of anilines is 1. The van der Waals surface area contributed by atoms with Crippen LogP contribution >= 0.6 is 0 Å². The van der Waals surface area contributed by atoms with Gasteiger partial charge in [-0.05, 0) is 82.1 Å². The Morgan fingerprint density at radius 1 is 0.884 bits per heavy atom. The number of amides is 6. The summed E-state index contributed by atoms with van der Waals surface area (Å²) >= 11 is 0. The molecular weight excluding hydrogens is 933 g/mol. The van der Waals surface area contributed by atoms with Crippen LogP contribution in [0.25, 0.3) is 0 Å². The number of aliphatic carboxylic acids is 1. The Morgan fingerprint density at radius 3 is 2.04 bits per heavy atom. The van der Waals surface area contributed by atoms with E-state index in [9.17, 15) is 67.5 Å². The lowest BCUT2D eigenvalue weighted by Crippen LogP contribution is -2.65. The maximum atomic E-state index is 13.7. The molecule has 2 fully saturated rings. The number of nitrogens with one attached hydrogen (secondary N) is 6. The Hall–Kier alpha value is -6.20. The van der Waals surface area contributed by atoms with Crippen molar-refractivity contribution in [2.45, 2.75) is 112 Å². The molecule has 69 heavy (non-hydrogen) atoms. The standard InChI is InChI=1S/C42H60N10O16S/c1-21(50-69(65,66)28-15-11-26(12-16-28)49-48-25-9-13-27(14-10-25)51(5)6)40(62)52-17-7-8-30(52)38(60)43-18-32(56)46-29(37(59)47-33(23(3)54)39(61)44-22(2)41(63)64)20-67-42-34(45-24(4)55)36(58)35(57)31(19-53)68-42/h9-16,21-23,29-31,33-36,42,50,53-54,57-58H,7-8,17-20H2,1-6H3,(H,43,60)(H,44,61)(H,45,55)(H,46,56)(H,47,59)(H,63,64)/t21-,22-,23+,29-,30-,31+,33-,34+,35-,36+,42-/m0/s1. The summed E-state index contributed by atoms with van der Waals surface area (Å²) in [6.45, 7) is 2.19. The van der Waals surface area contributed by atoms with E-state index in [4.69, 9.17) is 9.47 Å². The number of ether oxygens (including phenoxy) is 2. The molecule has 6 amide bonds. The summed E-state index contributed by atoms with van der Waals surface area (Å²) in [4.78, 5) is 93.2. The smallest absolute Gasteiger partial charge is 0.325 e. The highest BCUT2D eigenvalue weighted by Crippen LogP contribution is 2.25. The largest absolute Gasteiger partial charge is 0.480 e. The maximum absolute atomic E-state index is 13.7. The highest BCUT2D eigenvalue weighted by Gasteiger charge is 2.46. The summed E-state index contributed by atoms with van der Waals surface area (Å²) in [5.74, 6) is -7.04. The molecular formula is C42H60N10O16S. The normalized spacial score (nSPS) is 22.6. The van der Waals surface area contributed by atoms with Gasteiger partial charge in [-0.1, -0.05) is 0 Å². The quantitative estimate of drug-likeness (QED) is 0.0519. The van der Waals surface area contributed by atoms with E-state index in [1.54, 1.807) is 12.1 Å². The second kappa shape index (κ2) is 24.9. The molecule has 11 N–H and O–H groups in total. The first-order valence-electron chi connectivity index (χ1n) is 21.7. The number of benzene rings is 2. The SMILES string of the molecule is CC(=O)N[C@H]1[C@@H](OC[C@H](NC(=O)CNC(=O)[C@@H]2CCCN2C(=O)[C@H](C)NS(=O)(=O)c2ccc(N=Nc3ccc(N(C)C)cc3)cc2)C(=O)N[C@H](C(=O)N[C@@H](C)C(=O)O)[C@@H](C)O)O[C@H](CO)[C@H](O)[C@@H]1O. The molecule has 11 atom stereocenters. The molecule has 2 saturated heterocycles. The van der Waals surface area contributed by atoms with E-state index >= 15 is 0 Å². The molecule has 2 heterocycles. The summed E-state index contributed by atoms with van der Waals surface area (Å²) in [5.41, 5.74) is 1.92. The minimum atomic E-state index is -4.26. The van der Waals surface area contributed by atoms with E-state index in [2.05, 4.69) is 41.5 Å². The molecule has 26 nitrogen and oxygen atoms in total. The molecule has 0 unspecified atom stereocenters. The zero-order valence-corrected chi connectivity index (χ0v) is 39.5. The summed E-state index contributed by atoms with van der Waals surface area (Å²) in [7, 11) is -0.454. The van der Waals surface area contributed by atoms with E-state index in [0.717, 1.165) is 31.4 Å². The zero-order chi connectivity index (χ0) is 51.3. The molecule has 2 aromatic carbocycles. The summed E-state index contributed by atoms with van der Waals surface area (Å²) in [6, 6.07) is 3.74. The van der Waals surface area contributed by atoms with Crippen LogP contribution in [0.3, 0.4) is 0 Å². The number of nitrogens with zero attached hydrogens (tertiary/aromatic N) is 4. The van der Waals surface area contributed by atoms with Gasteiger partial charge in [0.2, 0.25) is 45.5 Å². The number of hydrogen-bond donors (Lipinski definition) is 11. The molecule has 2 aromatic rings. The Kier molecular flexibility index (Phi) is 20.0. The summed E-state index contributed by atoms with van der Waals surface area (Å²) in [5, 5.41) is 69.9. The number of carbonyl (C=O) groups excluding carboxylic acids is 6. The fourth-order valence-electron chi connectivity index (χ4n) is 7.07. The highest BCUT2D eigenvalue weighted by atomic mass is 32.2. The number of hydrogen-bond acceptors (Lipinski definition) is 18.